The largest absolute Gasteiger partial charge is 0.271 e. The monoisotopic (exact) mass is 282 g/mol. The number of nitrogens with one attached hydrogen (secondary N) is 1. The van der Waals surface area contributed by atoms with Crippen molar-refractivity contribution in [3.63, 3.8) is 0 Å². The smallest absolute Gasteiger partial charge is 0.146 e. The molecule has 0 aliphatic heterocycles. The summed E-state index contributed by atoms with van der Waals surface area (Å²) < 4.78 is 27.4. The van der Waals surface area contributed by atoms with Crippen LogP contribution in [0.2, 0.25) is 5.02 Å². The summed E-state index contributed by atoms with van der Waals surface area (Å²) in [5.74, 6) is 4.52. The van der Waals surface area contributed by atoms with Gasteiger partial charge in [-0.25, -0.2) is 14.2 Å². The maximum atomic E-state index is 14.0. The molecule has 0 saturated heterocycles. The third-order valence-electron chi connectivity index (χ3n) is 2.86. The zero-order valence-corrected chi connectivity index (χ0v) is 11.0. The van der Waals surface area contributed by atoms with Gasteiger partial charge in [0.05, 0.1) is 11.1 Å². The highest BCUT2D eigenvalue weighted by atomic mass is 35.5. The lowest BCUT2D eigenvalue weighted by atomic mass is 9.97. The van der Waals surface area contributed by atoms with Crippen LogP contribution >= 0.6 is 11.6 Å². The van der Waals surface area contributed by atoms with Gasteiger partial charge in [-0.1, -0.05) is 29.8 Å². The van der Waals surface area contributed by atoms with Gasteiger partial charge in [-0.2, -0.15) is 0 Å². The van der Waals surface area contributed by atoms with Crippen LogP contribution in [0.1, 0.15) is 22.7 Å². The predicted octanol–water partition coefficient (Wildman–Crippen LogP) is 3.48. The first kappa shape index (κ1) is 13.9. The molecule has 0 amide bonds. The SMILES string of the molecule is Cc1cc(F)cc(C(NN)c2cccc(Cl)c2F)c1. The number of halogens is 3. The van der Waals surface area contributed by atoms with E-state index in [0.717, 1.165) is 5.56 Å². The molecule has 1 atom stereocenters. The van der Waals surface area contributed by atoms with Crippen molar-refractivity contribution in [3.8, 4) is 0 Å². The lowest BCUT2D eigenvalue weighted by Crippen LogP contribution is -2.29. The summed E-state index contributed by atoms with van der Waals surface area (Å²) in [6, 6.07) is 8.43. The van der Waals surface area contributed by atoms with Crippen LogP contribution in [-0.2, 0) is 0 Å². The molecule has 0 radical (unpaired) electrons. The molecule has 2 rings (SSSR count). The van der Waals surface area contributed by atoms with Crippen molar-refractivity contribution >= 4 is 11.6 Å². The summed E-state index contributed by atoms with van der Waals surface area (Å²) in [4.78, 5) is 0. The molecule has 100 valence electrons. The van der Waals surface area contributed by atoms with Crippen LogP contribution in [-0.4, -0.2) is 0 Å². The van der Waals surface area contributed by atoms with Crippen molar-refractivity contribution in [1.82, 2.24) is 5.43 Å². The van der Waals surface area contributed by atoms with Gasteiger partial charge in [0.15, 0.2) is 0 Å². The number of hydrogen-bond acceptors (Lipinski definition) is 2. The van der Waals surface area contributed by atoms with E-state index in [4.69, 9.17) is 17.4 Å². The van der Waals surface area contributed by atoms with E-state index in [1.165, 1.54) is 18.2 Å². The standard InChI is InChI=1S/C14H13ClF2N2/c1-8-5-9(7-10(16)6-8)14(19-18)11-3-2-4-12(15)13(11)17/h2-7,14,19H,18H2,1H3. The van der Waals surface area contributed by atoms with Crippen molar-refractivity contribution in [2.24, 2.45) is 5.84 Å². The Balaban J connectivity index is 2.53. The Hall–Kier alpha value is -1.49. The number of aryl methyl sites for hydroxylation is 1. The summed E-state index contributed by atoms with van der Waals surface area (Å²) in [6.07, 6.45) is 0. The van der Waals surface area contributed by atoms with Gasteiger partial charge in [-0.05, 0) is 36.2 Å². The van der Waals surface area contributed by atoms with Crippen LogP contribution in [0, 0.1) is 18.6 Å². The third kappa shape index (κ3) is 2.92. The zero-order valence-electron chi connectivity index (χ0n) is 10.3. The normalized spacial score (nSPS) is 12.5. The first-order chi connectivity index (χ1) is 9.02. The van der Waals surface area contributed by atoms with Gasteiger partial charge in [0.25, 0.3) is 0 Å². The van der Waals surface area contributed by atoms with Crippen molar-refractivity contribution in [2.75, 3.05) is 0 Å². The second-order valence-corrected chi connectivity index (χ2v) is 4.71. The maximum Gasteiger partial charge on any atom is 0.146 e. The molecule has 0 bridgehead atoms. The van der Waals surface area contributed by atoms with Gasteiger partial charge in [-0.3, -0.25) is 5.84 Å². The Morgan fingerprint density at radius 3 is 2.58 bits per heavy atom. The Morgan fingerprint density at radius 2 is 1.95 bits per heavy atom. The number of hydrazine groups is 1. The molecule has 3 N–H and O–H groups in total. The van der Waals surface area contributed by atoms with Crippen LogP contribution in [0.15, 0.2) is 36.4 Å². The highest BCUT2D eigenvalue weighted by molar-refractivity contribution is 6.30. The van der Waals surface area contributed by atoms with Crippen molar-refractivity contribution in [3.05, 3.63) is 69.7 Å². The van der Waals surface area contributed by atoms with E-state index in [1.807, 2.05) is 0 Å². The summed E-state index contributed by atoms with van der Waals surface area (Å²) in [6.45, 7) is 1.76. The van der Waals surface area contributed by atoms with E-state index >= 15 is 0 Å². The lowest BCUT2D eigenvalue weighted by molar-refractivity contribution is 0.555. The molecule has 19 heavy (non-hydrogen) atoms. The highest BCUT2D eigenvalue weighted by Crippen LogP contribution is 2.28. The fraction of sp³-hybridized carbons (Fsp3) is 0.143. The highest BCUT2D eigenvalue weighted by Gasteiger charge is 2.19. The molecule has 5 heteroatoms. The van der Waals surface area contributed by atoms with Crippen molar-refractivity contribution in [2.45, 2.75) is 13.0 Å². The quantitative estimate of drug-likeness (QED) is 0.668. The summed E-state index contributed by atoms with van der Waals surface area (Å²) in [5.41, 5.74) is 4.05. The molecular weight excluding hydrogens is 270 g/mol. The van der Waals surface area contributed by atoms with E-state index < -0.39 is 17.7 Å². The number of benzene rings is 2. The van der Waals surface area contributed by atoms with E-state index in [0.29, 0.717) is 5.56 Å². The second kappa shape index (κ2) is 5.65. The van der Waals surface area contributed by atoms with Crippen molar-refractivity contribution < 1.29 is 8.78 Å². The second-order valence-electron chi connectivity index (χ2n) is 4.30. The van der Waals surface area contributed by atoms with Crippen LogP contribution < -0.4 is 11.3 Å². The van der Waals surface area contributed by atoms with Gasteiger partial charge in [0.2, 0.25) is 0 Å². The Morgan fingerprint density at radius 1 is 1.21 bits per heavy atom. The Bertz CT molecular complexity index is 582. The first-order valence-electron chi connectivity index (χ1n) is 5.70. The molecule has 1 unspecified atom stereocenters. The molecule has 0 aliphatic carbocycles. The Labute approximate surface area is 115 Å². The van der Waals surface area contributed by atoms with Crippen LogP contribution in [0.5, 0.6) is 0 Å². The molecule has 0 aliphatic rings. The molecule has 2 nitrogen and oxygen atoms in total. The molecular formula is C14H13ClF2N2. The number of nitrogens with two attached hydrogens (primary N) is 1. The summed E-state index contributed by atoms with van der Waals surface area (Å²) in [7, 11) is 0. The average molecular weight is 283 g/mol. The molecule has 0 fully saturated rings. The van der Waals surface area contributed by atoms with E-state index in [1.54, 1.807) is 25.1 Å². The van der Waals surface area contributed by atoms with E-state index in [2.05, 4.69) is 5.43 Å². The molecule has 0 heterocycles. The molecule has 0 aromatic heterocycles. The molecule has 0 spiro atoms. The summed E-state index contributed by atoms with van der Waals surface area (Å²) in [5, 5.41) is 0.00544. The minimum Gasteiger partial charge on any atom is -0.271 e. The fourth-order valence-corrected chi connectivity index (χ4v) is 2.22. The Kier molecular flexibility index (Phi) is 4.14. The number of hydrogen-bond donors (Lipinski definition) is 2. The minimum atomic E-state index is -0.659. The number of rotatable bonds is 3. The average Bonchev–Trinajstić information content (AvgIpc) is 2.34. The minimum absolute atomic E-state index is 0.00544. The first-order valence-corrected chi connectivity index (χ1v) is 6.08. The van der Waals surface area contributed by atoms with E-state index in [-0.39, 0.29) is 10.6 Å². The predicted molar refractivity (Wildman–Crippen MR) is 71.7 cm³/mol. The van der Waals surface area contributed by atoms with Gasteiger partial charge >= 0.3 is 0 Å². The lowest BCUT2D eigenvalue weighted by Gasteiger charge is -2.18. The van der Waals surface area contributed by atoms with Gasteiger partial charge in [0, 0.05) is 5.56 Å². The maximum absolute atomic E-state index is 14.0. The zero-order chi connectivity index (χ0) is 14.0. The van der Waals surface area contributed by atoms with Crippen LogP contribution in [0.4, 0.5) is 8.78 Å². The third-order valence-corrected chi connectivity index (χ3v) is 3.15. The van der Waals surface area contributed by atoms with Gasteiger partial charge < -0.3 is 0 Å². The van der Waals surface area contributed by atoms with Crippen LogP contribution in [0.25, 0.3) is 0 Å². The molecule has 0 saturated carbocycles. The van der Waals surface area contributed by atoms with Crippen molar-refractivity contribution in [1.29, 1.82) is 0 Å². The van der Waals surface area contributed by atoms with E-state index in [9.17, 15) is 8.78 Å². The molecule has 2 aromatic rings. The topological polar surface area (TPSA) is 38.0 Å². The van der Waals surface area contributed by atoms with Crippen LogP contribution in [0.3, 0.4) is 0 Å². The van der Waals surface area contributed by atoms with Gasteiger partial charge in [-0.15, -0.1) is 0 Å². The molecule has 2 aromatic carbocycles. The summed E-state index contributed by atoms with van der Waals surface area (Å²) >= 11 is 5.75. The fourth-order valence-electron chi connectivity index (χ4n) is 2.04. The van der Waals surface area contributed by atoms with Gasteiger partial charge in [0.1, 0.15) is 11.6 Å².